The van der Waals surface area contributed by atoms with Crippen molar-refractivity contribution < 1.29 is 14.6 Å². The van der Waals surface area contributed by atoms with Crippen molar-refractivity contribution in [2.75, 3.05) is 54.6 Å². The molecule has 3 fully saturated rings. The van der Waals surface area contributed by atoms with Crippen LogP contribution in [0.4, 0.5) is 22.7 Å². The van der Waals surface area contributed by atoms with Crippen LogP contribution in [-0.2, 0) is 9.53 Å². The van der Waals surface area contributed by atoms with E-state index in [4.69, 9.17) is 4.74 Å². The molecule has 0 radical (unpaired) electrons. The maximum Gasteiger partial charge on any atom is 0.225 e. The minimum atomic E-state index is -0.744. The van der Waals surface area contributed by atoms with E-state index in [9.17, 15) is 9.90 Å². The fraction of sp³-hybridized carbons (Fsp3) is 0.517. The average molecular weight is 504 g/mol. The number of nitrogens with one attached hydrogen (secondary N) is 1. The molecule has 2 saturated heterocycles. The van der Waals surface area contributed by atoms with E-state index in [1.807, 2.05) is 16.1 Å². The van der Waals surface area contributed by atoms with Gasteiger partial charge in [-0.15, -0.1) is 0 Å². The van der Waals surface area contributed by atoms with Gasteiger partial charge in [-0.25, -0.2) is 0 Å². The van der Waals surface area contributed by atoms with Crippen molar-refractivity contribution in [3.05, 3.63) is 48.5 Å². The second-order valence-electron chi connectivity index (χ2n) is 10.9. The first-order chi connectivity index (χ1) is 18.1. The van der Waals surface area contributed by atoms with Crippen molar-refractivity contribution in [3.8, 4) is 0 Å². The number of ether oxygens (including phenoxy) is 1. The zero-order valence-corrected chi connectivity index (χ0v) is 21.4. The van der Waals surface area contributed by atoms with E-state index < -0.39 is 5.60 Å². The van der Waals surface area contributed by atoms with Crippen molar-refractivity contribution in [1.29, 1.82) is 0 Å². The highest BCUT2D eigenvalue weighted by atomic mass is 16.5. The number of carbonyl (C=O) groups is 1. The fourth-order valence-electron chi connectivity index (χ4n) is 5.71. The number of likely N-dealkylation sites (tertiary alicyclic amines) is 1. The molecule has 8 heteroatoms. The number of hydrogen-bond acceptors (Lipinski definition) is 7. The summed E-state index contributed by atoms with van der Waals surface area (Å²) in [5.41, 5.74) is 3.58. The van der Waals surface area contributed by atoms with E-state index in [0.717, 1.165) is 62.6 Å². The minimum Gasteiger partial charge on any atom is -0.390 e. The van der Waals surface area contributed by atoms with Crippen LogP contribution in [0.1, 0.15) is 38.5 Å². The van der Waals surface area contributed by atoms with Gasteiger partial charge in [0.15, 0.2) is 0 Å². The molecule has 2 aromatic rings. The number of piperidine rings is 1. The molecule has 3 heterocycles. The Morgan fingerprint density at radius 2 is 1.57 bits per heavy atom. The zero-order valence-electron chi connectivity index (χ0n) is 21.4. The number of hydrogen-bond donors (Lipinski definition) is 2. The molecule has 1 amide bonds. The van der Waals surface area contributed by atoms with Crippen LogP contribution in [0.25, 0.3) is 0 Å². The van der Waals surface area contributed by atoms with Crippen LogP contribution in [-0.4, -0.2) is 73.2 Å². The average Bonchev–Trinajstić information content (AvgIpc) is 3.69. The van der Waals surface area contributed by atoms with Gasteiger partial charge in [0.05, 0.1) is 30.5 Å². The molecule has 6 rings (SSSR count). The number of nitrogens with zero attached hydrogens (tertiary/aromatic N) is 4. The molecule has 1 saturated carbocycles. The standard InChI is InChI=1S/C29H37N5O3/c35-28(22-1-2-22)33-15-12-29(36,13-16-33)21-27-11-14-30-34(27)26-9-5-24(6-10-26)31-23-3-7-25(8-4-23)32-17-19-37-20-18-32/h3-10,14,22,27,31,36H,1-2,11-13,15-21H2. The molecule has 8 nitrogen and oxygen atoms in total. The normalized spacial score (nSPS) is 23.4. The summed E-state index contributed by atoms with van der Waals surface area (Å²) in [6.07, 6.45) is 6.78. The Morgan fingerprint density at radius 1 is 0.946 bits per heavy atom. The third-order valence-electron chi connectivity index (χ3n) is 8.14. The Bertz CT molecular complexity index is 1100. The minimum absolute atomic E-state index is 0.127. The van der Waals surface area contributed by atoms with E-state index in [-0.39, 0.29) is 17.9 Å². The first-order valence-corrected chi connectivity index (χ1v) is 13.7. The number of carbonyl (C=O) groups excluding carboxylic acids is 1. The summed E-state index contributed by atoms with van der Waals surface area (Å²) in [4.78, 5) is 16.7. The highest BCUT2D eigenvalue weighted by Crippen LogP contribution is 2.36. The third-order valence-corrected chi connectivity index (χ3v) is 8.14. The van der Waals surface area contributed by atoms with E-state index in [2.05, 4.69) is 63.8 Å². The van der Waals surface area contributed by atoms with Crippen molar-refractivity contribution in [3.63, 3.8) is 0 Å². The Morgan fingerprint density at radius 3 is 2.19 bits per heavy atom. The van der Waals surface area contributed by atoms with Crippen LogP contribution in [0.15, 0.2) is 53.6 Å². The number of morpholine rings is 1. The number of hydrazone groups is 1. The topological polar surface area (TPSA) is 80.6 Å². The number of anilines is 4. The van der Waals surface area contributed by atoms with Gasteiger partial charge < -0.3 is 25.0 Å². The second kappa shape index (κ2) is 10.3. The third kappa shape index (κ3) is 5.60. The van der Waals surface area contributed by atoms with Gasteiger partial charge in [0.2, 0.25) is 5.91 Å². The lowest BCUT2D eigenvalue weighted by Crippen LogP contribution is -2.49. The van der Waals surface area contributed by atoms with E-state index in [1.165, 1.54) is 5.69 Å². The largest absolute Gasteiger partial charge is 0.390 e. The van der Waals surface area contributed by atoms with Gasteiger partial charge in [-0.05, 0) is 80.6 Å². The van der Waals surface area contributed by atoms with Crippen LogP contribution in [0.3, 0.4) is 0 Å². The first kappa shape index (κ1) is 24.2. The number of aliphatic hydroxyl groups is 1. The highest BCUT2D eigenvalue weighted by molar-refractivity contribution is 5.81. The molecule has 0 aromatic heterocycles. The Balaban J connectivity index is 1.04. The van der Waals surface area contributed by atoms with E-state index in [1.54, 1.807) is 0 Å². The van der Waals surface area contributed by atoms with Gasteiger partial charge in [0, 0.05) is 61.8 Å². The summed E-state index contributed by atoms with van der Waals surface area (Å²) < 4.78 is 5.45. The maximum atomic E-state index is 12.4. The summed E-state index contributed by atoms with van der Waals surface area (Å²) in [6, 6.07) is 17.0. The quantitative estimate of drug-likeness (QED) is 0.595. The lowest BCUT2D eigenvalue weighted by Gasteiger charge is -2.40. The molecule has 1 atom stereocenters. The molecule has 4 aliphatic rings. The number of rotatable bonds is 7. The summed E-state index contributed by atoms with van der Waals surface area (Å²) in [7, 11) is 0. The molecular formula is C29H37N5O3. The van der Waals surface area contributed by atoms with Gasteiger partial charge >= 0.3 is 0 Å². The fourth-order valence-corrected chi connectivity index (χ4v) is 5.71. The summed E-state index contributed by atoms with van der Waals surface area (Å²) in [6.45, 7) is 4.76. The summed E-state index contributed by atoms with van der Waals surface area (Å²) in [5.74, 6) is 0.534. The highest BCUT2D eigenvalue weighted by Gasteiger charge is 2.41. The van der Waals surface area contributed by atoms with Crippen LogP contribution in [0.2, 0.25) is 0 Å². The molecule has 2 N–H and O–H groups in total. The van der Waals surface area contributed by atoms with E-state index >= 15 is 0 Å². The lowest BCUT2D eigenvalue weighted by atomic mass is 9.84. The predicted molar refractivity (Wildman–Crippen MR) is 147 cm³/mol. The SMILES string of the molecule is O=C(C1CC1)N1CCC(O)(CC2CC=NN2c2ccc(Nc3ccc(N4CCOCC4)cc3)cc2)CC1. The zero-order chi connectivity index (χ0) is 25.2. The van der Waals surface area contributed by atoms with Crippen LogP contribution >= 0.6 is 0 Å². The van der Waals surface area contributed by atoms with Crippen molar-refractivity contribution in [2.45, 2.75) is 50.2 Å². The summed E-state index contributed by atoms with van der Waals surface area (Å²) >= 11 is 0. The number of amides is 1. The van der Waals surface area contributed by atoms with Crippen LogP contribution in [0.5, 0.6) is 0 Å². The molecule has 196 valence electrons. The van der Waals surface area contributed by atoms with Crippen molar-refractivity contribution in [2.24, 2.45) is 11.0 Å². The second-order valence-corrected chi connectivity index (χ2v) is 10.9. The van der Waals surface area contributed by atoms with E-state index in [0.29, 0.717) is 32.4 Å². The van der Waals surface area contributed by atoms with Gasteiger partial charge in [-0.2, -0.15) is 5.10 Å². The number of benzene rings is 2. The monoisotopic (exact) mass is 503 g/mol. The van der Waals surface area contributed by atoms with Gasteiger partial charge in [0.1, 0.15) is 0 Å². The smallest absolute Gasteiger partial charge is 0.225 e. The maximum absolute atomic E-state index is 12.4. The molecule has 2 aromatic carbocycles. The Hall–Kier alpha value is -3.10. The lowest BCUT2D eigenvalue weighted by molar-refractivity contribution is -0.137. The van der Waals surface area contributed by atoms with Crippen molar-refractivity contribution >= 4 is 34.9 Å². The molecule has 1 aliphatic carbocycles. The molecular weight excluding hydrogens is 466 g/mol. The van der Waals surface area contributed by atoms with Crippen molar-refractivity contribution in [1.82, 2.24) is 4.90 Å². The predicted octanol–water partition coefficient (Wildman–Crippen LogP) is 3.98. The molecule has 37 heavy (non-hydrogen) atoms. The molecule has 0 bridgehead atoms. The summed E-state index contributed by atoms with van der Waals surface area (Å²) in [5, 5.41) is 21.5. The molecule has 3 aliphatic heterocycles. The Kier molecular flexibility index (Phi) is 6.78. The Labute approximate surface area is 218 Å². The first-order valence-electron chi connectivity index (χ1n) is 13.7. The van der Waals surface area contributed by atoms with Crippen LogP contribution < -0.4 is 15.2 Å². The van der Waals surface area contributed by atoms with Gasteiger partial charge in [-0.3, -0.25) is 9.80 Å². The molecule has 1 unspecified atom stereocenters. The van der Waals surface area contributed by atoms with Crippen LogP contribution in [0, 0.1) is 5.92 Å². The van der Waals surface area contributed by atoms with Gasteiger partial charge in [0.25, 0.3) is 0 Å². The van der Waals surface area contributed by atoms with Gasteiger partial charge in [-0.1, -0.05) is 0 Å². The molecule has 0 spiro atoms.